The van der Waals surface area contributed by atoms with Gasteiger partial charge < -0.3 is 9.64 Å². The topological polar surface area (TPSA) is 25.4 Å². The van der Waals surface area contributed by atoms with Crippen molar-refractivity contribution in [3.63, 3.8) is 0 Å². The van der Waals surface area contributed by atoms with Crippen LogP contribution in [0.5, 0.6) is 5.75 Å². The van der Waals surface area contributed by atoms with Crippen LogP contribution in [0.2, 0.25) is 0 Å². The molecule has 0 N–H and O–H groups in total. The highest BCUT2D eigenvalue weighted by molar-refractivity contribution is 9.10. The molecule has 1 aromatic heterocycles. The van der Waals surface area contributed by atoms with Crippen LogP contribution >= 0.6 is 15.9 Å². The molecule has 0 saturated carbocycles. The zero-order valence-corrected chi connectivity index (χ0v) is 10.1. The van der Waals surface area contributed by atoms with Crippen molar-refractivity contribution in [2.45, 2.75) is 6.92 Å². The molecule has 0 atom stereocenters. The van der Waals surface area contributed by atoms with Crippen molar-refractivity contribution >= 4 is 15.9 Å². The summed E-state index contributed by atoms with van der Waals surface area (Å²) in [5.74, 6) is 0.817. The van der Waals surface area contributed by atoms with E-state index in [4.69, 9.17) is 4.74 Å². The average Bonchev–Trinajstić information content (AvgIpc) is 2.21. The fourth-order valence-corrected chi connectivity index (χ4v) is 1.16. The Balaban J connectivity index is 2.28. The van der Waals surface area contributed by atoms with Gasteiger partial charge in [-0.25, -0.2) is 4.98 Å². The smallest absolute Gasteiger partial charge is 0.137 e. The standard InChI is InChI=1S/C10H15BrN2O/c1-3-13(2)6-7-14-9-4-5-10(11)12-8-9/h4-5,8H,3,6-7H2,1-2H3. The van der Waals surface area contributed by atoms with E-state index in [0.29, 0.717) is 6.61 Å². The van der Waals surface area contributed by atoms with Gasteiger partial charge in [0.05, 0.1) is 6.20 Å². The van der Waals surface area contributed by atoms with Gasteiger partial charge in [-0.2, -0.15) is 0 Å². The van der Waals surface area contributed by atoms with Crippen molar-refractivity contribution in [3.05, 3.63) is 22.9 Å². The number of hydrogen-bond acceptors (Lipinski definition) is 3. The molecule has 1 rings (SSSR count). The molecule has 0 radical (unpaired) electrons. The first-order valence-corrected chi connectivity index (χ1v) is 5.44. The molecular weight excluding hydrogens is 244 g/mol. The summed E-state index contributed by atoms with van der Waals surface area (Å²) in [6, 6.07) is 3.78. The molecule has 78 valence electrons. The first-order valence-electron chi connectivity index (χ1n) is 4.65. The Morgan fingerprint density at radius 2 is 2.29 bits per heavy atom. The second-order valence-electron chi connectivity index (χ2n) is 3.06. The molecule has 0 aromatic carbocycles. The van der Waals surface area contributed by atoms with E-state index in [-0.39, 0.29) is 0 Å². The van der Waals surface area contributed by atoms with E-state index < -0.39 is 0 Å². The van der Waals surface area contributed by atoms with Gasteiger partial charge >= 0.3 is 0 Å². The predicted octanol–water partition coefficient (Wildman–Crippen LogP) is 2.17. The van der Waals surface area contributed by atoms with Crippen molar-refractivity contribution in [2.24, 2.45) is 0 Å². The van der Waals surface area contributed by atoms with Crippen molar-refractivity contribution in [1.82, 2.24) is 9.88 Å². The molecule has 0 aliphatic rings. The molecule has 0 bridgehead atoms. The first kappa shape index (κ1) is 11.5. The van der Waals surface area contributed by atoms with Crippen molar-refractivity contribution in [1.29, 1.82) is 0 Å². The fraction of sp³-hybridized carbons (Fsp3) is 0.500. The van der Waals surface area contributed by atoms with Gasteiger partial charge in [-0.3, -0.25) is 0 Å². The van der Waals surface area contributed by atoms with E-state index in [0.717, 1.165) is 23.4 Å². The number of hydrogen-bond donors (Lipinski definition) is 0. The minimum atomic E-state index is 0.702. The quantitative estimate of drug-likeness (QED) is 0.758. The Morgan fingerprint density at radius 3 is 2.86 bits per heavy atom. The summed E-state index contributed by atoms with van der Waals surface area (Å²) in [4.78, 5) is 6.28. The van der Waals surface area contributed by atoms with Crippen LogP contribution in [0.25, 0.3) is 0 Å². The van der Waals surface area contributed by atoms with Gasteiger partial charge in [0.15, 0.2) is 0 Å². The zero-order valence-electron chi connectivity index (χ0n) is 8.53. The van der Waals surface area contributed by atoms with Gasteiger partial charge in [-0.1, -0.05) is 6.92 Å². The number of pyridine rings is 1. The van der Waals surface area contributed by atoms with Crippen LogP contribution in [0.4, 0.5) is 0 Å². The number of aromatic nitrogens is 1. The maximum atomic E-state index is 5.51. The average molecular weight is 259 g/mol. The zero-order chi connectivity index (χ0) is 10.4. The highest BCUT2D eigenvalue weighted by Crippen LogP contribution is 2.12. The van der Waals surface area contributed by atoms with Crippen LogP contribution in [-0.4, -0.2) is 36.6 Å². The minimum Gasteiger partial charge on any atom is -0.491 e. The number of ether oxygens (including phenoxy) is 1. The van der Waals surface area contributed by atoms with Gasteiger partial charge in [0.2, 0.25) is 0 Å². The first-order chi connectivity index (χ1) is 6.72. The Morgan fingerprint density at radius 1 is 1.50 bits per heavy atom. The maximum Gasteiger partial charge on any atom is 0.137 e. The SMILES string of the molecule is CCN(C)CCOc1ccc(Br)nc1. The van der Waals surface area contributed by atoms with E-state index in [9.17, 15) is 0 Å². The Kier molecular flexibility index (Phi) is 4.90. The molecule has 14 heavy (non-hydrogen) atoms. The molecule has 1 aromatic rings. The molecule has 0 fully saturated rings. The Hall–Kier alpha value is -0.610. The summed E-state index contributed by atoms with van der Waals surface area (Å²) in [5, 5.41) is 0. The largest absolute Gasteiger partial charge is 0.491 e. The van der Waals surface area contributed by atoms with E-state index >= 15 is 0 Å². The number of rotatable bonds is 5. The normalized spacial score (nSPS) is 10.6. The van der Waals surface area contributed by atoms with Gasteiger partial charge in [-0.05, 0) is 41.7 Å². The lowest BCUT2D eigenvalue weighted by molar-refractivity contribution is 0.243. The summed E-state index contributed by atoms with van der Waals surface area (Å²) in [5.41, 5.74) is 0. The molecule has 0 aliphatic heterocycles. The third kappa shape index (κ3) is 4.07. The van der Waals surface area contributed by atoms with Crippen LogP contribution in [-0.2, 0) is 0 Å². The van der Waals surface area contributed by atoms with Crippen molar-refractivity contribution < 1.29 is 4.74 Å². The van der Waals surface area contributed by atoms with Gasteiger partial charge in [0.25, 0.3) is 0 Å². The van der Waals surface area contributed by atoms with Crippen molar-refractivity contribution in [3.8, 4) is 5.75 Å². The van der Waals surface area contributed by atoms with E-state index in [1.54, 1.807) is 6.20 Å². The molecule has 4 heteroatoms. The lowest BCUT2D eigenvalue weighted by Gasteiger charge is -2.13. The molecule has 0 aliphatic carbocycles. The lowest BCUT2D eigenvalue weighted by Crippen LogP contribution is -2.23. The van der Waals surface area contributed by atoms with Crippen LogP contribution in [0.3, 0.4) is 0 Å². The molecule has 1 heterocycles. The minimum absolute atomic E-state index is 0.702. The highest BCUT2D eigenvalue weighted by Gasteiger charge is 1.96. The van der Waals surface area contributed by atoms with Crippen LogP contribution in [0.1, 0.15) is 6.92 Å². The molecule has 0 unspecified atom stereocenters. The van der Waals surface area contributed by atoms with E-state index in [1.165, 1.54) is 0 Å². The third-order valence-electron chi connectivity index (χ3n) is 1.98. The monoisotopic (exact) mass is 258 g/mol. The lowest BCUT2D eigenvalue weighted by atomic mass is 10.4. The fourth-order valence-electron chi connectivity index (χ4n) is 0.925. The summed E-state index contributed by atoms with van der Waals surface area (Å²) >= 11 is 3.27. The summed E-state index contributed by atoms with van der Waals surface area (Å²) in [6.07, 6.45) is 1.72. The van der Waals surface area contributed by atoms with Crippen molar-refractivity contribution in [2.75, 3.05) is 26.7 Å². The number of halogens is 1. The Bertz CT molecular complexity index is 263. The maximum absolute atomic E-state index is 5.51. The molecular formula is C10H15BrN2O. The van der Waals surface area contributed by atoms with Gasteiger partial charge in [0.1, 0.15) is 17.0 Å². The second-order valence-corrected chi connectivity index (χ2v) is 3.87. The predicted molar refractivity (Wildman–Crippen MR) is 60.6 cm³/mol. The van der Waals surface area contributed by atoms with E-state index in [1.807, 2.05) is 12.1 Å². The van der Waals surface area contributed by atoms with Gasteiger partial charge in [-0.15, -0.1) is 0 Å². The molecule has 0 amide bonds. The Labute approximate surface area is 93.2 Å². The highest BCUT2D eigenvalue weighted by atomic mass is 79.9. The van der Waals surface area contributed by atoms with E-state index in [2.05, 4.69) is 39.8 Å². The molecule has 3 nitrogen and oxygen atoms in total. The second kappa shape index (κ2) is 5.98. The molecule has 0 spiro atoms. The van der Waals surface area contributed by atoms with Crippen LogP contribution in [0.15, 0.2) is 22.9 Å². The number of nitrogens with zero attached hydrogens (tertiary/aromatic N) is 2. The van der Waals surface area contributed by atoms with Gasteiger partial charge in [0, 0.05) is 6.54 Å². The summed E-state index contributed by atoms with van der Waals surface area (Å²) < 4.78 is 6.34. The molecule has 0 saturated heterocycles. The van der Waals surface area contributed by atoms with Crippen LogP contribution < -0.4 is 4.74 Å². The number of likely N-dealkylation sites (N-methyl/N-ethyl adjacent to an activating group) is 1. The summed E-state index contributed by atoms with van der Waals surface area (Å²) in [6.45, 7) is 4.81. The van der Waals surface area contributed by atoms with Crippen LogP contribution in [0, 0.1) is 0 Å². The third-order valence-corrected chi connectivity index (χ3v) is 2.45. The summed E-state index contributed by atoms with van der Waals surface area (Å²) in [7, 11) is 2.07.